The maximum Gasteiger partial charge on any atom is 0.296 e. The van der Waals surface area contributed by atoms with Crippen LogP contribution in [0.4, 0.5) is 5.69 Å². The number of rotatable bonds is 6. The first-order valence-electron chi connectivity index (χ1n) is 7.50. The van der Waals surface area contributed by atoms with Gasteiger partial charge in [-0.3, -0.25) is 4.79 Å². The van der Waals surface area contributed by atoms with E-state index in [1.165, 1.54) is 22.1 Å². The third kappa shape index (κ3) is 3.98. The molecule has 0 aliphatic heterocycles. The Labute approximate surface area is 140 Å². The molecule has 0 unspecified atom stereocenters. The number of nitrogens with zero attached hydrogens (tertiary/aromatic N) is 5. The number of anilines is 1. The van der Waals surface area contributed by atoms with Crippen LogP contribution in [0.15, 0.2) is 39.3 Å². The number of thioether (sulfide) groups is 1. The zero-order valence-electron chi connectivity index (χ0n) is 13.9. The molecule has 7 heteroatoms. The van der Waals surface area contributed by atoms with Crippen molar-refractivity contribution in [3.05, 3.63) is 45.9 Å². The average molecular weight is 331 g/mol. The Morgan fingerprint density at radius 2 is 1.87 bits per heavy atom. The van der Waals surface area contributed by atoms with Crippen molar-refractivity contribution in [3.63, 3.8) is 0 Å². The minimum absolute atomic E-state index is 0.250. The molecule has 2 rings (SSSR count). The fourth-order valence-electron chi connectivity index (χ4n) is 2.16. The molecule has 0 saturated heterocycles. The van der Waals surface area contributed by atoms with Gasteiger partial charge in [0.25, 0.3) is 5.56 Å². The number of hydrogen-bond acceptors (Lipinski definition) is 6. The van der Waals surface area contributed by atoms with E-state index in [1.54, 1.807) is 13.1 Å². The quantitative estimate of drug-likeness (QED) is 0.601. The summed E-state index contributed by atoms with van der Waals surface area (Å²) in [4.78, 5) is 14.4. The van der Waals surface area contributed by atoms with Gasteiger partial charge in [-0.1, -0.05) is 23.9 Å². The summed E-state index contributed by atoms with van der Waals surface area (Å²) in [5.74, 6) is 0. The van der Waals surface area contributed by atoms with Crippen molar-refractivity contribution in [2.45, 2.75) is 25.9 Å². The van der Waals surface area contributed by atoms with Crippen molar-refractivity contribution < 1.29 is 0 Å². The number of aryl methyl sites for hydroxylation is 1. The second-order valence-corrected chi connectivity index (χ2v) is 5.67. The molecule has 2 aromatic rings. The Kier molecular flexibility index (Phi) is 5.92. The molecule has 0 bridgehead atoms. The highest BCUT2D eigenvalue weighted by atomic mass is 32.2. The highest BCUT2D eigenvalue weighted by Gasteiger charge is 2.07. The molecule has 122 valence electrons. The summed E-state index contributed by atoms with van der Waals surface area (Å²) in [6.45, 7) is 7.84. The van der Waals surface area contributed by atoms with Gasteiger partial charge in [-0.15, -0.1) is 10.2 Å². The van der Waals surface area contributed by atoms with Gasteiger partial charge >= 0.3 is 0 Å². The molecule has 0 atom stereocenters. The van der Waals surface area contributed by atoms with Gasteiger partial charge in [0.2, 0.25) is 5.16 Å². The number of benzene rings is 1. The number of hydrogen-bond donors (Lipinski definition) is 0. The van der Waals surface area contributed by atoms with Crippen molar-refractivity contribution in [1.29, 1.82) is 0 Å². The van der Waals surface area contributed by atoms with Gasteiger partial charge in [0.1, 0.15) is 5.69 Å². The average Bonchev–Trinajstić information content (AvgIpc) is 2.58. The fourth-order valence-corrected chi connectivity index (χ4v) is 2.58. The highest BCUT2D eigenvalue weighted by Crippen LogP contribution is 2.14. The van der Waals surface area contributed by atoms with Gasteiger partial charge in [0.15, 0.2) is 0 Å². The van der Waals surface area contributed by atoms with E-state index in [-0.39, 0.29) is 5.56 Å². The molecule has 0 amide bonds. The summed E-state index contributed by atoms with van der Waals surface area (Å²) in [7, 11) is 0. The van der Waals surface area contributed by atoms with Crippen molar-refractivity contribution in [1.82, 2.24) is 14.9 Å². The molecule has 0 aliphatic rings. The normalized spacial score (nSPS) is 11.1. The maximum atomic E-state index is 12.1. The van der Waals surface area contributed by atoms with Crippen LogP contribution in [-0.4, -0.2) is 40.4 Å². The predicted octanol–water partition coefficient (Wildman–Crippen LogP) is 2.40. The zero-order valence-corrected chi connectivity index (χ0v) is 14.7. The van der Waals surface area contributed by atoms with Crippen molar-refractivity contribution in [3.8, 4) is 0 Å². The summed E-state index contributed by atoms with van der Waals surface area (Å²) in [6, 6.07) is 8.09. The lowest BCUT2D eigenvalue weighted by molar-refractivity contribution is 0.635. The standard InChI is InChI=1S/C16H21N5OS/c1-5-20(6-2)14-9-7-13(8-10-14)11-17-21-15(22)12(3)18-19-16(21)23-4/h7-11H,5-6H2,1-4H3/b17-11-. The third-order valence-electron chi connectivity index (χ3n) is 3.50. The van der Waals surface area contributed by atoms with E-state index in [1.807, 2.05) is 18.4 Å². The van der Waals surface area contributed by atoms with E-state index in [2.05, 4.69) is 46.2 Å². The lowest BCUT2D eigenvalue weighted by Crippen LogP contribution is -2.23. The van der Waals surface area contributed by atoms with E-state index >= 15 is 0 Å². The van der Waals surface area contributed by atoms with E-state index in [0.29, 0.717) is 10.9 Å². The van der Waals surface area contributed by atoms with Gasteiger partial charge in [-0.25, -0.2) is 0 Å². The van der Waals surface area contributed by atoms with Crippen LogP contribution in [0.2, 0.25) is 0 Å². The van der Waals surface area contributed by atoms with Gasteiger partial charge in [0, 0.05) is 18.8 Å². The second kappa shape index (κ2) is 7.92. The van der Waals surface area contributed by atoms with E-state index < -0.39 is 0 Å². The van der Waals surface area contributed by atoms with Crippen molar-refractivity contribution in [2.24, 2.45) is 5.10 Å². The van der Waals surface area contributed by atoms with Crippen LogP contribution in [-0.2, 0) is 0 Å². The summed E-state index contributed by atoms with van der Waals surface area (Å²) in [6.07, 6.45) is 3.50. The molecule has 23 heavy (non-hydrogen) atoms. The van der Waals surface area contributed by atoms with Crippen molar-refractivity contribution in [2.75, 3.05) is 24.2 Å². The fraction of sp³-hybridized carbons (Fsp3) is 0.375. The first-order valence-corrected chi connectivity index (χ1v) is 8.72. The lowest BCUT2D eigenvalue weighted by atomic mass is 10.2. The molecule has 0 spiro atoms. The lowest BCUT2D eigenvalue weighted by Gasteiger charge is -2.20. The molecule has 0 saturated carbocycles. The Hall–Kier alpha value is -2.15. The van der Waals surface area contributed by atoms with Crippen LogP contribution in [0.1, 0.15) is 25.1 Å². The molecular formula is C16H21N5OS. The molecule has 0 radical (unpaired) electrons. The molecule has 1 heterocycles. The summed E-state index contributed by atoms with van der Waals surface area (Å²) in [5.41, 5.74) is 2.18. The number of aromatic nitrogens is 3. The van der Waals surface area contributed by atoms with E-state index in [0.717, 1.165) is 18.7 Å². The first kappa shape index (κ1) is 17.2. The van der Waals surface area contributed by atoms with Gasteiger partial charge in [-0.2, -0.15) is 9.78 Å². The minimum atomic E-state index is -0.250. The van der Waals surface area contributed by atoms with Crippen LogP contribution in [0.5, 0.6) is 0 Å². The van der Waals surface area contributed by atoms with Gasteiger partial charge in [0.05, 0.1) is 6.21 Å². The second-order valence-electron chi connectivity index (χ2n) is 4.90. The van der Waals surface area contributed by atoms with Crippen LogP contribution >= 0.6 is 11.8 Å². The zero-order chi connectivity index (χ0) is 16.8. The molecule has 0 N–H and O–H groups in total. The van der Waals surface area contributed by atoms with Crippen LogP contribution in [0, 0.1) is 6.92 Å². The van der Waals surface area contributed by atoms with Crippen molar-refractivity contribution >= 4 is 23.7 Å². The molecule has 1 aromatic carbocycles. The largest absolute Gasteiger partial charge is 0.372 e. The Bertz CT molecular complexity index is 735. The molecule has 1 aromatic heterocycles. The Balaban J connectivity index is 2.28. The molecule has 6 nitrogen and oxygen atoms in total. The van der Waals surface area contributed by atoms with E-state index in [9.17, 15) is 4.79 Å². The smallest absolute Gasteiger partial charge is 0.296 e. The Morgan fingerprint density at radius 1 is 1.22 bits per heavy atom. The topological polar surface area (TPSA) is 63.4 Å². The van der Waals surface area contributed by atoms with Crippen LogP contribution in [0.25, 0.3) is 0 Å². The monoisotopic (exact) mass is 331 g/mol. The first-order chi connectivity index (χ1) is 11.1. The summed E-state index contributed by atoms with van der Waals surface area (Å²) < 4.78 is 1.28. The van der Waals surface area contributed by atoms with Crippen LogP contribution < -0.4 is 10.5 Å². The highest BCUT2D eigenvalue weighted by molar-refractivity contribution is 7.98. The molecule has 0 aliphatic carbocycles. The van der Waals surface area contributed by atoms with Gasteiger partial charge in [-0.05, 0) is 44.7 Å². The van der Waals surface area contributed by atoms with Crippen LogP contribution in [0.3, 0.4) is 0 Å². The predicted molar refractivity (Wildman–Crippen MR) is 95.8 cm³/mol. The van der Waals surface area contributed by atoms with Gasteiger partial charge < -0.3 is 4.90 Å². The third-order valence-corrected chi connectivity index (χ3v) is 4.11. The summed E-state index contributed by atoms with van der Waals surface area (Å²) >= 11 is 1.33. The SMILES string of the molecule is CCN(CC)c1ccc(/C=N\n2c(SC)nnc(C)c2=O)cc1. The Morgan fingerprint density at radius 3 is 2.43 bits per heavy atom. The molecule has 0 fully saturated rings. The summed E-state index contributed by atoms with van der Waals surface area (Å²) in [5, 5.41) is 12.5. The minimum Gasteiger partial charge on any atom is -0.372 e. The molecular weight excluding hydrogens is 310 g/mol. The van der Waals surface area contributed by atoms with E-state index in [4.69, 9.17) is 0 Å². The maximum absolute atomic E-state index is 12.1.